The fourth-order valence-corrected chi connectivity index (χ4v) is 9.35. The summed E-state index contributed by atoms with van der Waals surface area (Å²) in [7, 11) is 0. The summed E-state index contributed by atoms with van der Waals surface area (Å²) in [5, 5.41) is 9.17. The second-order valence-electron chi connectivity index (χ2n) is 12.0. The molecule has 0 spiro atoms. The van der Waals surface area contributed by atoms with Gasteiger partial charge >= 0.3 is 5.97 Å². The maximum absolute atomic E-state index is 14.0. The number of carboxylic acid groups (broad SMARTS) is 1. The van der Waals surface area contributed by atoms with E-state index in [9.17, 15) is 14.4 Å². The first-order valence-corrected chi connectivity index (χ1v) is 13.0. The van der Waals surface area contributed by atoms with Crippen LogP contribution >= 0.6 is 0 Å². The number of Topliss-reactive ketones (excluding diaryl/α,β-unsaturated/α-hetero) is 1. The molecule has 4 rings (SSSR count). The highest BCUT2D eigenvalue weighted by molar-refractivity contribution is 5.86. The van der Waals surface area contributed by atoms with Crippen molar-refractivity contribution in [2.24, 2.45) is 52.3 Å². The van der Waals surface area contributed by atoms with Crippen LogP contribution < -0.4 is 0 Å². The number of ether oxygens (including phenoxy) is 1. The van der Waals surface area contributed by atoms with Crippen molar-refractivity contribution < 1.29 is 24.2 Å². The summed E-state index contributed by atoms with van der Waals surface area (Å²) in [6.45, 7) is 9.82. The largest absolute Gasteiger partial charge is 0.481 e. The van der Waals surface area contributed by atoms with Gasteiger partial charge in [0.15, 0.2) is 0 Å². The summed E-state index contributed by atoms with van der Waals surface area (Å²) in [4.78, 5) is 36.1. The summed E-state index contributed by atoms with van der Waals surface area (Å²) < 4.78 is 5.37. The molecule has 0 radical (unpaired) electrons. The molecule has 4 aliphatic rings. The quantitative estimate of drug-likeness (QED) is 0.522. The number of carbonyl (C=O) groups is 3. The maximum atomic E-state index is 14.0. The Labute approximate surface area is 193 Å². The van der Waals surface area contributed by atoms with Gasteiger partial charge in [0.1, 0.15) is 11.9 Å². The van der Waals surface area contributed by atoms with E-state index >= 15 is 0 Å². The van der Waals surface area contributed by atoms with E-state index in [1.165, 1.54) is 0 Å². The molecule has 0 saturated heterocycles. The Morgan fingerprint density at radius 1 is 1.12 bits per heavy atom. The van der Waals surface area contributed by atoms with Gasteiger partial charge in [-0.25, -0.2) is 0 Å². The van der Waals surface area contributed by atoms with Gasteiger partial charge in [0.05, 0.1) is 0 Å². The molecule has 32 heavy (non-hydrogen) atoms. The minimum absolute atomic E-state index is 0.0382. The fraction of sp³-hybridized carbons (Fsp3) is 0.889. The molecule has 5 heteroatoms. The van der Waals surface area contributed by atoms with Gasteiger partial charge in [0.2, 0.25) is 0 Å². The average Bonchev–Trinajstić information content (AvgIpc) is 3.10. The maximum Gasteiger partial charge on any atom is 0.303 e. The van der Waals surface area contributed by atoms with Crippen LogP contribution in [0.4, 0.5) is 0 Å². The highest BCUT2D eigenvalue weighted by atomic mass is 16.5. The van der Waals surface area contributed by atoms with Crippen LogP contribution in [0.5, 0.6) is 0 Å². The van der Waals surface area contributed by atoms with Gasteiger partial charge in [-0.1, -0.05) is 27.7 Å². The second-order valence-corrected chi connectivity index (χ2v) is 12.0. The van der Waals surface area contributed by atoms with E-state index in [-0.39, 0.29) is 35.2 Å². The summed E-state index contributed by atoms with van der Waals surface area (Å²) >= 11 is 0. The number of fused-ring (bicyclic) bond motifs is 5. The van der Waals surface area contributed by atoms with Crippen LogP contribution in [-0.2, 0) is 19.1 Å². The Morgan fingerprint density at radius 2 is 1.81 bits per heavy atom. The summed E-state index contributed by atoms with van der Waals surface area (Å²) in [5.41, 5.74) is 0.296. The van der Waals surface area contributed by atoms with Gasteiger partial charge in [0.25, 0.3) is 6.47 Å². The first-order chi connectivity index (χ1) is 15.2. The number of aliphatic carboxylic acids is 1. The Kier molecular flexibility index (Phi) is 6.50. The van der Waals surface area contributed by atoms with Crippen molar-refractivity contribution in [1.29, 1.82) is 0 Å². The van der Waals surface area contributed by atoms with Gasteiger partial charge in [-0.05, 0) is 98.2 Å². The molecule has 5 nitrogen and oxygen atoms in total. The van der Waals surface area contributed by atoms with Crippen molar-refractivity contribution in [3.63, 3.8) is 0 Å². The summed E-state index contributed by atoms with van der Waals surface area (Å²) in [5.74, 6) is 2.10. The molecule has 0 aliphatic heterocycles. The number of carboxylic acids is 1. The van der Waals surface area contributed by atoms with E-state index in [2.05, 4.69) is 27.7 Å². The van der Waals surface area contributed by atoms with Crippen molar-refractivity contribution in [2.75, 3.05) is 0 Å². The van der Waals surface area contributed by atoms with Crippen LogP contribution in [0, 0.1) is 52.3 Å². The topological polar surface area (TPSA) is 80.7 Å². The van der Waals surface area contributed by atoms with Crippen molar-refractivity contribution in [3.8, 4) is 0 Å². The zero-order valence-corrected chi connectivity index (χ0v) is 20.3. The monoisotopic (exact) mass is 446 g/mol. The first kappa shape index (κ1) is 23.8. The highest BCUT2D eigenvalue weighted by Crippen LogP contribution is 2.68. The summed E-state index contributed by atoms with van der Waals surface area (Å²) in [6.07, 6.45) is 9.10. The number of rotatable bonds is 7. The molecule has 4 fully saturated rings. The predicted octanol–water partition coefficient (Wildman–Crippen LogP) is 5.50. The molecule has 0 aromatic rings. The Bertz CT molecular complexity index is 748. The molecular weight excluding hydrogens is 404 g/mol. The minimum Gasteiger partial charge on any atom is -0.481 e. The lowest BCUT2D eigenvalue weighted by molar-refractivity contribution is -0.176. The fourth-order valence-electron chi connectivity index (χ4n) is 9.35. The Balaban J connectivity index is 1.60. The van der Waals surface area contributed by atoms with Crippen LogP contribution in [0.1, 0.15) is 91.9 Å². The van der Waals surface area contributed by atoms with E-state index in [4.69, 9.17) is 9.84 Å². The lowest BCUT2D eigenvalue weighted by Gasteiger charge is -2.62. The molecule has 0 amide bonds. The molecule has 180 valence electrons. The highest BCUT2D eigenvalue weighted by Gasteiger charge is 2.65. The van der Waals surface area contributed by atoms with Crippen LogP contribution in [-0.4, -0.2) is 29.4 Å². The molecule has 4 aliphatic carbocycles. The average molecular weight is 447 g/mol. The SMILES string of the molecule is CC[C@H]1C(=O)C2C(CC[C@@]3(C)C2CC[C@@H]3[C@H](C)CCC(=O)O)[C@@]2(C)CC[C@@H](OC=O)CC12. The number of hydrogen-bond acceptors (Lipinski definition) is 4. The van der Waals surface area contributed by atoms with Crippen molar-refractivity contribution in [2.45, 2.75) is 98.0 Å². The van der Waals surface area contributed by atoms with Gasteiger partial charge in [-0.3, -0.25) is 14.4 Å². The second kappa shape index (κ2) is 8.76. The smallest absolute Gasteiger partial charge is 0.303 e. The zero-order valence-electron chi connectivity index (χ0n) is 20.3. The minimum atomic E-state index is -0.707. The molecule has 0 aromatic carbocycles. The molecule has 0 aromatic heterocycles. The molecule has 0 heterocycles. The van der Waals surface area contributed by atoms with Gasteiger partial charge in [0, 0.05) is 18.3 Å². The van der Waals surface area contributed by atoms with E-state index in [1.807, 2.05) is 0 Å². The van der Waals surface area contributed by atoms with Gasteiger partial charge in [-0.15, -0.1) is 0 Å². The van der Waals surface area contributed by atoms with Crippen LogP contribution in [0.25, 0.3) is 0 Å². The van der Waals surface area contributed by atoms with Crippen LogP contribution in [0.3, 0.4) is 0 Å². The predicted molar refractivity (Wildman–Crippen MR) is 122 cm³/mol. The van der Waals surface area contributed by atoms with Crippen LogP contribution in [0.2, 0.25) is 0 Å². The van der Waals surface area contributed by atoms with Crippen LogP contribution in [0.15, 0.2) is 0 Å². The molecular formula is C27H42O5. The van der Waals surface area contributed by atoms with Crippen molar-refractivity contribution in [1.82, 2.24) is 0 Å². The molecule has 4 unspecified atom stereocenters. The van der Waals surface area contributed by atoms with Gasteiger partial charge < -0.3 is 9.84 Å². The molecule has 1 N–H and O–H groups in total. The Hall–Kier alpha value is -1.39. The lowest BCUT2D eigenvalue weighted by Crippen LogP contribution is -2.60. The first-order valence-electron chi connectivity index (χ1n) is 13.0. The van der Waals surface area contributed by atoms with Gasteiger partial charge in [-0.2, -0.15) is 0 Å². The standard InChI is InChI=1S/C27H42O5/c1-5-18-22-14-17(32-15-28)10-12-27(22,4)21-11-13-26(3)19(16(2)6-9-23(29)30)7-8-20(26)24(21)25(18)31/h15-22,24H,5-14H2,1-4H3,(H,29,30)/t16-,17-,18-,19-,20?,21?,22?,24?,26-,27-/m1/s1. The van der Waals surface area contributed by atoms with E-state index < -0.39 is 5.97 Å². The lowest BCUT2D eigenvalue weighted by atomic mass is 9.42. The van der Waals surface area contributed by atoms with E-state index in [1.54, 1.807) is 0 Å². The molecule has 4 saturated carbocycles. The third-order valence-corrected chi connectivity index (χ3v) is 10.9. The Morgan fingerprint density at radius 3 is 2.47 bits per heavy atom. The third-order valence-electron chi connectivity index (χ3n) is 10.9. The van der Waals surface area contributed by atoms with E-state index in [0.29, 0.717) is 41.8 Å². The van der Waals surface area contributed by atoms with E-state index in [0.717, 1.165) is 57.8 Å². The van der Waals surface area contributed by atoms with Crippen molar-refractivity contribution >= 4 is 18.2 Å². The van der Waals surface area contributed by atoms with Crippen molar-refractivity contribution in [3.05, 3.63) is 0 Å². The normalized spacial score (nSPS) is 46.5. The number of ketones is 1. The number of hydrogen-bond donors (Lipinski definition) is 1. The number of carbonyl (C=O) groups excluding carboxylic acids is 2. The third kappa shape index (κ3) is 3.62. The molecule has 0 bridgehead atoms. The summed E-state index contributed by atoms with van der Waals surface area (Å²) in [6, 6.07) is 0. The zero-order chi connectivity index (χ0) is 23.3. The molecule has 10 atom stereocenters.